The van der Waals surface area contributed by atoms with Crippen LogP contribution in [0.1, 0.15) is 12.5 Å². The van der Waals surface area contributed by atoms with Crippen molar-refractivity contribution < 1.29 is 32.6 Å². The van der Waals surface area contributed by atoms with Gasteiger partial charge in [-0.15, -0.1) is 8.78 Å². The van der Waals surface area contributed by atoms with Gasteiger partial charge in [-0.05, 0) is 35.4 Å². The number of rotatable bonds is 4. The minimum atomic E-state index is -3.78. The Morgan fingerprint density at radius 3 is 2.58 bits per heavy atom. The van der Waals surface area contributed by atoms with Crippen LogP contribution in [0.5, 0.6) is 11.5 Å². The normalized spacial score (nSPS) is 20.8. The summed E-state index contributed by atoms with van der Waals surface area (Å²) in [6, 6.07) is 15.9. The molecule has 2 aliphatic heterocycles. The van der Waals surface area contributed by atoms with Gasteiger partial charge in [-0.3, -0.25) is 14.5 Å². The van der Waals surface area contributed by atoms with Crippen molar-refractivity contribution in [2.45, 2.75) is 18.8 Å². The van der Waals surface area contributed by atoms with Crippen molar-refractivity contribution >= 4 is 34.3 Å². The molecule has 4 amide bonds. The first-order valence-corrected chi connectivity index (χ1v) is 9.98. The molecule has 3 aromatic rings. The number of fused-ring (bicyclic) bond motifs is 2. The van der Waals surface area contributed by atoms with Crippen molar-refractivity contribution in [1.82, 2.24) is 10.2 Å². The summed E-state index contributed by atoms with van der Waals surface area (Å²) in [6.45, 7) is 1.03. The minimum absolute atomic E-state index is 0.143. The Balaban J connectivity index is 1.34. The summed E-state index contributed by atoms with van der Waals surface area (Å²) >= 11 is 0. The smallest absolute Gasteiger partial charge is 0.395 e. The molecule has 168 valence electrons. The standard InChI is InChI=1S/C23H17F2N3O5/c1-22(16-8-4-6-13-5-2-3-7-15(13)16)20(30)28(21(31)27-22)12-19(29)26-14-9-10-17-18(11-14)33-23(24,25)32-17/h2-11H,12H2,1H3,(H,26,29)(H,27,31). The highest BCUT2D eigenvalue weighted by Crippen LogP contribution is 2.42. The molecule has 2 N–H and O–H groups in total. The predicted octanol–water partition coefficient (Wildman–Crippen LogP) is 3.57. The maximum Gasteiger partial charge on any atom is 0.586 e. The average Bonchev–Trinajstić information content (AvgIpc) is 3.19. The van der Waals surface area contributed by atoms with Crippen LogP contribution in [0.4, 0.5) is 19.3 Å². The highest BCUT2D eigenvalue weighted by molar-refractivity contribution is 6.11. The van der Waals surface area contributed by atoms with Crippen LogP contribution in [0.25, 0.3) is 10.8 Å². The van der Waals surface area contributed by atoms with E-state index in [0.717, 1.165) is 15.7 Å². The molecule has 5 rings (SSSR count). The Hall–Kier alpha value is -4.21. The third-order valence-corrected chi connectivity index (χ3v) is 5.59. The third-order valence-electron chi connectivity index (χ3n) is 5.59. The number of nitrogens with zero attached hydrogens (tertiary/aromatic N) is 1. The molecule has 1 atom stereocenters. The van der Waals surface area contributed by atoms with Crippen LogP contribution < -0.4 is 20.1 Å². The number of benzene rings is 3. The van der Waals surface area contributed by atoms with Crippen LogP contribution in [0.3, 0.4) is 0 Å². The lowest BCUT2D eigenvalue weighted by molar-refractivity contribution is -0.286. The maximum atomic E-state index is 13.2. The fraction of sp³-hybridized carbons (Fsp3) is 0.174. The van der Waals surface area contributed by atoms with Gasteiger partial charge in [0.15, 0.2) is 11.5 Å². The van der Waals surface area contributed by atoms with Crippen LogP contribution >= 0.6 is 0 Å². The van der Waals surface area contributed by atoms with Gasteiger partial charge >= 0.3 is 12.3 Å². The van der Waals surface area contributed by atoms with Crippen LogP contribution in [-0.4, -0.2) is 35.6 Å². The number of urea groups is 1. The third kappa shape index (κ3) is 3.49. The Bertz CT molecular complexity index is 1320. The van der Waals surface area contributed by atoms with Crippen molar-refractivity contribution in [1.29, 1.82) is 0 Å². The lowest BCUT2D eigenvalue weighted by Crippen LogP contribution is -2.42. The largest absolute Gasteiger partial charge is 0.586 e. The summed E-state index contributed by atoms with van der Waals surface area (Å²) in [4.78, 5) is 39.2. The van der Waals surface area contributed by atoms with E-state index in [-0.39, 0.29) is 17.2 Å². The van der Waals surface area contributed by atoms with E-state index in [1.807, 2.05) is 30.3 Å². The average molecular weight is 453 g/mol. The number of amides is 4. The van der Waals surface area contributed by atoms with E-state index in [2.05, 4.69) is 20.1 Å². The summed E-state index contributed by atoms with van der Waals surface area (Å²) < 4.78 is 35.0. The van der Waals surface area contributed by atoms with Crippen LogP contribution in [-0.2, 0) is 15.1 Å². The van der Waals surface area contributed by atoms with Crippen LogP contribution in [0, 0.1) is 0 Å². The molecule has 0 aliphatic carbocycles. The number of nitrogens with one attached hydrogen (secondary N) is 2. The molecular weight excluding hydrogens is 436 g/mol. The molecule has 10 heteroatoms. The molecule has 2 heterocycles. The van der Waals surface area contributed by atoms with Gasteiger partial charge in [0, 0.05) is 11.8 Å². The summed E-state index contributed by atoms with van der Waals surface area (Å²) in [5.74, 6) is -1.68. The molecule has 0 radical (unpaired) electrons. The van der Waals surface area contributed by atoms with E-state index in [9.17, 15) is 23.2 Å². The molecule has 0 spiro atoms. The van der Waals surface area contributed by atoms with E-state index < -0.39 is 36.2 Å². The SMILES string of the molecule is CC1(c2cccc3ccccc23)NC(=O)N(CC(=O)Nc2ccc3c(c2)OC(F)(F)O3)C1=O. The molecule has 0 aromatic heterocycles. The molecule has 0 saturated carbocycles. The van der Waals surface area contributed by atoms with Crippen LogP contribution in [0.2, 0.25) is 0 Å². The number of alkyl halides is 2. The highest BCUT2D eigenvalue weighted by atomic mass is 19.3. The number of anilines is 1. The van der Waals surface area contributed by atoms with Crippen molar-refractivity contribution in [2.24, 2.45) is 0 Å². The first kappa shape index (κ1) is 20.7. The number of hydrogen-bond acceptors (Lipinski definition) is 5. The monoisotopic (exact) mass is 453 g/mol. The van der Waals surface area contributed by atoms with Crippen molar-refractivity contribution in [3.63, 3.8) is 0 Å². The summed E-state index contributed by atoms with van der Waals surface area (Å²) in [5, 5.41) is 6.87. The zero-order valence-electron chi connectivity index (χ0n) is 17.2. The van der Waals surface area contributed by atoms with E-state index in [1.165, 1.54) is 18.2 Å². The molecule has 1 saturated heterocycles. The number of halogens is 2. The molecule has 33 heavy (non-hydrogen) atoms. The molecular formula is C23H17F2N3O5. The predicted molar refractivity (Wildman–Crippen MR) is 113 cm³/mol. The number of imide groups is 1. The summed E-state index contributed by atoms with van der Waals surface area (Å²) in [5.41, 5.74) is -0.606. The minimum Gasteiger partial charge on any atom is -0.395 e. The van der Waals surface area contributed by atoms with Crippen molar-refractivity contribution in [3.8, 4) is 11.5 Å². The second-order valence-corrected chi connectivity index (χ2v) is 7.85. The van der Waals surface area contributed by atoms with E-state index >= 15 is 0 Å². The maximum absolute atomic E-state index is 13.2. The zero-order chi connectivity index (χ0) is 23.4. The lowest BCUT2D eigenvalue weighted by Gasteiger charge is -2.24. The molecule has 0 bridgehead atoms. The van der Waals surface area contributed by atoms with Gasteiger partial charge in [0.1, 0.15) is 12.1 Å². The van der Waals surface area contributed by atoms with Crippen molar-refractivity contribution in [2.75, 3.05) is 11.9 Å². The first-order chi connectivity index (χ1) is 15.7. The van der Waals surface area contributed by atoms with E-state index in [1.54, 1.807) is 19.1 Å². The Labute approximate surface area is 186 Å². The second-order valence-electron chi connectivity index (χ2n) is 7.85. The molecule has 2 aliphatic rings. The number of carbonyl (C=O) groups excluding carboxylic acids is 3. The van der Waals surface area contributed by atoms with Gasteiger partial charge in [-0.1, -0.05) is 42.5 Å². The second kappa shape index (κ2) is 7.16. The number of hydrogen-bond donors (Lipinski definition) is 2. The molecule has 3 aromatic carbocycles. The van der Waals surface area contributed by atoms with Gasteiger partial charge in [0.2, 0.25) is 5.91 Å². The number of ether oxygens (including phenoxy) is 2. The van der Waals surface area contributed by atoms with Gasteiger partial charge in [0.25, 0.3) is 5.91 Å². The van der Waals surface area contributed by atoms with Gasteiger partial charge < -0.3 is 20.1 Å². The van der Waals surface area contributed by atoms with E-state index in [4.69, 9.17) is 0 Å². The first-order valence-electron chi connectivity index (χ1n) is 9.98. The summed E-state index contributed by atoms with van der Waals surface area (Å²) in [6.07, 6.45) is -3.78. The highest BCUT2D eigenvalue weighted by Gasteiger charge is 2.50. The Kier molecular flexibility index (Phi) is 4.48. The molecule has 1 unspecified atom stereocenters. The van der Waals surface area contributed by atoms with E-state index in [0.29, 0.717) is 5.56 Å². The Morgan fingerprint density at radius 2 is 1.76 bits per heavy atom. The number of carbonyl (C=O) groups is 3. The topological polar surface area (TPSA) is 97.0 Å². The molecule has 1 fully saturated rings. The van der Waals surface area contributed by atoms with Crippen molar-refractivity contribution in [3.05, 3.63) is 66.2 Å². The Morgan fingerprint density at radius 1 is 1.03 bits per heavy atom. The molecule has 8 nitrogen and oxygen atoms in total. The summed E-state index contributed by atoms with van der Waals surface area (Å²) in [7, 11) is 0. The zero-order valence-corrected chi connectivity index (χ0v) is 17.2. The van der Waals surface area contributed by atoms with Gasteiger partial charge in [0.05, 0.1) is 0 Å². The van der Waals surface area contributed by atoms with Crippen LogP contribution in [0.15, 0.2) is 60.7 Å². The fourth-order valence-corrected chi connectivity index (χ4v) is 4.06. The quantitative estimate of drug-likeness (QED) is 0.589. The lowest BCUT2D eigenvalue weighted by atomic mass is 9.88. The van der Waals surface area contributed by atoms with Gasteiger partial charge in [-0.25, -0.2) is 4.79 Å². The fourth-order valence-electron chi connectivity index (χ4n) is 4.06. The van der Waals surface area contributed by atoms with Gasteiger partial charge in [-0.2, -0.15) is 0 Å².